The molecule has 1 heterocycles. The fourth-order valence-corrected chi connectivity index (χ4v) is 3.02. The van der Waals surface area contributed by atoms with Crippen molar-refractivity contribution in [3.05, 3.63) is 18.0 Å². The fourth-order valence-electron chi connectivity index (χ4n) is 3.02. The molecule has 0 bridgehead atoms. The van der Waals surface area contributed by atoms with Gasteiger partial charge in [0.15, 0.2) is 0 Å². The summed E-state index contributed by atoms with van der Waals surface area (Å²) in [4.78, 5) is 0. The van der Waals surface area contributed by atoms with E-state index in [1.54, 1.807) is 0 Å². The van der Waals surface area contributed by atoms with Crippen LogP contribution in [0.15, 0.2) is 12.4 Å². The SMILES string of the molecule is CC1CCC(O)(CCc2cnn(C)c2)C(C)C1. The van der Waals surface area contributed by atoms with Gasteiger partial charge in [-0.25, -0.2) is 0 Å². The number of aliphatic hydroxyl groups is 1. The zero-order chi connectivity index (χ0) is 12.5. The highest BCUT2D eigenvalue weighted by molar-refractivity contribution is 5.05. The van der Waals surface area contributed by atoms with Crippen molar-refractivity contribution < 1.29 is 5.11 Å². The molecule has 3 unspecified atom stereocenters. The van der Waals surface area contributed by atoms with Crippen LogP contribution in [0.25, 0.3) is 0 Å². The van der Waals surface area contributed by atoms with Gasteiger partial charge in [-0.05, 0) is 49.5 Å². The predicted octanol–water partition coefficient (Wildman–Crippen LogP) is 2.54. The Balaban J connectivity index is 1.93. The molecule has 3 nitrogen and oxygen atoms in total. The molecule has 1 N–H and O–H groups in total. The molecule has 2 rings (SSSR count). The van der Waals surface area contributed by atoms with Gasteiger partial charge in [0.05, 0.1) is 11.8 Å². The van der Waals surface area contributed by atoms with Gasteiger partial charge in [-0.3, -0.25) is 4.68 Å². The molecule has 1 aromatic rings. The van der Waals surface area contributed by atoms with E-state index in [-0.39, 0.29) is 0 Å². The number of aryl methyl sites for hydroxylation is 2. The lowest BCUT2D eigenvalue weighted by Crippen LogP contribution is -2.41. The van der Waals surface area contributed by atoms with E-state index in [9.17, 15) is 5.11 Å². The monoisotopic (exact) mass is 236 g/mol. The van der Waals surface area contributed by atoms with Gasteiger partial charge in [0.1, 0.15) is 0 Å². The smallest absolute Gasteiger partial charge is 0.0676 e. The van der Waals surface area contributed by atoms with Crippen molar-refractivity contribution in [3.63, 3.8) is 0 Å². The van der Waals surface area contributed by atoms with E-state index >= 15 is 0 Å². The highest BCUT2D eigenvalue weighted by Crippen LogP contribution is 2.39. The van der Waals surface area contributed by atoms with Crippen molar-refractivity contribution in [3.8, 4) is 0 Å². The first kappa shape index (κ1) is 12.6. The molecule has 3 heteroatoms. The van der Waals surface area contributed by atoms with Crippen LogP contribution >= 0.6 is 0 Å². The largest absolute Gasteiger partial charge is 0.390 e. The summed E-state index contributed by atoms with van der Waals surface area (Å²) in [5.41, 5.74) is 0.772. The first-order valence-electron chi connectivity index (χ1n) is 6.69. The van der Waals surface area contributed by atoms with Gasteiger partial charge >= 0.3 is 0 Å². The Labute approximate surface area is 104 Å². The first-order valence-corrected chi connectivity index (χ1v) is 6.69. The van der Waals surface area contributed by atoms with Crippen LogP contribution < -0.4 is 0 Å². The Morgan fingerprint density at radius 1 is 1.53 bits per heavy atom. The minimum atomic E-state index is -0.456. The third kappa shape index (κ3) is 2.89. The molecule has 17 heavy (non-hydrogen) atoms. The van der Waals surface area contributed by atoms with Crippen LogP contribution in [0.2, 0.25) is 0 Å². The Morgan fingerprint density at radius 2 is 2.29 bits per heavy atom. The minimum absolute atomic E-state index is 0.419. The molecular weight excluding hydrogens is 212 g/mol. The van der Waals surface area contributed by atoms with Crippen molar-refractivity contribution >= 4 is 0 Å². The zero-order valence-corrected chi connectivity index (χ0v) is 11.2. The summed E-state index contributed by atoms with van der Waals surface area (Å²) in [5.74, 6) is 1.19. The molecule has 3 atom stereocenters. The highest BCUT2D eigenvalue weighted by atomic mass is 16.3. The van der Waals surface area contributed by atoms with Crippen molar-refractivity contribution in [1.82, 2.24) is 9.78 Å². The second kappa shape index (κ2) is 4.81. The van der Waals surface area contributed by atoms with Crippen LogP contribution in [0.3, 0.4) is 0 Å². The van der Waals surface area contributed by atoms with E-state index in [2.05, 4.69) is 18.9 Å². The molecule has 0 radical (unpaired) electrons. The first-order chi connectivity index (χ1) is 7.99. The molecule has 0 saturated heterocycles. The maximum atomic E-state index is 10.7. The topological polar surface area (TPSA) is 38.1 Å². The molecular formula is C14H24N2O. The molecule has 1 fully saturated rings. The molecule has 1 aliphatic carbocycles. The zero-order valence-electron chi connectivity index (χ0n) is 11.2. The Bertz CT molecular complexity index is 374. The number of hydrogen-bond acceptors (Lipinski definition) is 2. The molecule has 0 aromatic carbocycles. The number of hydrogen-bond donors (Lipinski definition) is 1. The van der Waals surface area contributed by atoms with E-state index < -0.39 is 5.60 Å². The molecule has 1 aliphatic rings. The highest BCUT2D eigenvalue weighted by Gasteiger charge is 2.37. The normalized spacial score (nSPS) is 33.9. The molecule has 96 valence electrons. The molecule has 1 saturated carbocycles. The summed E-state index contributed by atoms with van der Waals surface area (Å²) >= 11 is 0. The van der Waals surface area contributed by atoms with E-state index in [1.165, 1.54) is 5.56 Å². The van der Waals surface area contributed by atoms with Crippen molar-refractivity contribution in [2.45, 2.75) is 51.6 Å². The van der Waals surface area contributed by atoms with Gasteiger partial charge in [0.25, 0.3) is 0 Å². The van der Waals surface area contributed by atoms with Crippen LogP contribution in [-0.2, 0) is 13.5 Å². The van der Waals surface area contributed by atoms with Gasteiger partial charge in [-0.15, -0.1) is 0 Å². The summed E-state index contributed by atoms with van der Waals surface area (Å²) in [6.45, 7) is 4.48. The lowest BCUT2D eigenvalue weighted by atomic mass is 9.70. The second-order valence-electron chi connectivity index (χ2n) is 5.91. The summed E-state index contributed by atoms with van der Waals surface area (Å²) < 4.78 is 1.83. The summed E-state index contributed by atoms with van der Waals surface area (Å²) in [5, 5.41) is 14.9. The van der Waals surface area contributed by atoms with Gasteiger partial charge in [0.2, 0.25) is 0 Å². The summed E-state index contributed by atoms with van der Waals surface area (Å²) in [6.07, 6.45) is 9.02. The Kier molecular flexibility index (Phi) is 3.57. The van der Waals surface area contributed by atoms with Gasteiger partial charge in [-0.1, -0.05) is 13.8 Å². The fraction of sp³-hybridized carbons (Fsp3) is 0.786. The maximum absolute atomic E-state index is 10.7. The summed E-state index contributed by atoms with van der Waals surface area (Å²) in [7, 11) is 1.93. The third-order valence-electron chi connectivity index (χ3n) is 4.35. The molecule has 1 aromatic heterocycles. The average Bonchev–Trinajstić information content (AvgIpc) is 2.68. The number of nitrogens with zero attached hydrogens (tertiary/aromatic N) is 2. The van der Waals surface area contributed by atoms with Crippen LogP contribution in [0, 0.1) is 11.8 Å². The molecule has 0 spiro atoms. The van der Waals surface area contributed by atoms with Crippen LogP contribution in [-0.4, -0.2) is 20.5 Å². The van der Waals surface area contributed by atoms with E-state index in [0.717, 1.165) is 38.0 Å². The Hall–Kier alpha value is -0.830. The van der Waals surface area contributed by atoms with Crippen molar-refractivity contribution in [2.24, 2.45) is 18.9 Å². The third-order valence-corrected chi connectivity index (χ3v) is 4.35. The molecule has 0 aliphatic heterocycles. The van der Waals surface area contributed by atoms with Crippen LogP contribution in [0.4, 0.5) is 0 Å². The van der Waals surface area contributed by atoms with E-state index in [0.29, 0.717) is 5.92 Å². The van der Waals surface area contributed by atoms with Crippen LogP contribution in [0.5, 0.6) is 0 Å². The second-order valence-corrected chi connectivity index (χ2v) is 5.91. The van der Waals surface area contributed by atoms with Gasteiger partial charge in [0, 0.05) is 13.2 Å². The maximum Gasteiger partial charge on any atom is 0.0676 e. The quantitative estimate of drug-likeness (QED) is 0.875. The van der Waals surface area contributed by atoms with Gasteiger partial charge in [-0.2, -0.15) is 5.10 Å². The lowest BCUT2D eigenvalue weighted by Gasteiger charge is -2.40. The van der Waals surface area contributed by atoms with Crippen molar-refractivity contribution in [1.29, 1.82) is 0 Å². The summed E-state index contributed by atoms with van der Waals surface area (Å²) in [6, 6.07) is 0. The molecule has 0 amide bonds. The van der Waals surface area contributed by atoms with Gasteiger partial charge < -0.3 is 5.11 Å². The van der Waals surface area contributed by atoms with Crippen LogP contribution in [0.1, 0.15) is 45.1 Å². The average molecular weight is 236 g/mol. The van der Waals surface area contributed by atoms with Crippen molar-refractivity contribution in [2.75, 3.05) is 0 Å². The predicted molar refractivity (Wildman–Crippen MR) is 68.7 cm³/mol. The minimum Gasteiger partial charge on any atom is -0.390 e. The number of rotatable bonds is 3. The van der Waals surface area contributed by atoms with E-state index in [1.807, 2.05) is 24.1 Å². The Morgan fingerprint density at radius 3 is 2.88 bits per heavy atom. The standard InChI is InChI=1S/C14H24N2O/c1-11-4-6-14(17,12(2)8-11)7-5-13-9-15-16(3)10-13/h9-12,17H,4-8H2,1-3H3. The van der Waals surface area contributed by atoms with E-state index in [4.69, 9.17) is 0 Å². The lowest BCUT2D eigenvalue weighted by molar-refractivity contribution is -0.0588. The number of aromatic nitrogens is 2.